The molecule has 0 N–H and O–H groups in total. The van der Waals surface area contributed by atoms with Gasteiger partial charge in [-0.05, 0) is 59.2 Å². The number of piperidine rings is 2. The largest absolute Gasteiger partial charge is 0.460 e. The lowest BCUT2D eigenvalue weighted by Gasteiger charge is -2.46. The number of alkyl halides is 2. The van der Waals surface area contributed by atoms with Gasteiger partial charge in [-0.1, -0.05) is 0 Å². The third-order valence-electron chi connectivity index (χ3n) is 5.75. The molecule has 7 nitrogen and oxygen atoms in total. The number of ether oxygens (including phenoxy) is 1. The van der Waals surface area contributed by atoms with Crippen LogP contribution in [0.25, 0.3) is 0 Å². The molecule has 0 bridgehead atoms. The van der Waals surface area contributed by atoms with E-state index in [4.69, 9.17) is 4.74 Å². The Hall–Kier alpha value is -2.36. The third-order valence-corrected chi connectivity index (χ3v) is 5.75. The summed E-state index contributed by atoms with van der Waals surface area (Å²) < 4.78 is 49.7. The monoisotopic (exact) mass is 443 g/mol. The van der Waals surface area contributed by atoms with Crippen LogP contribution < -0.4 is 4.90 Å². The van der Waals surface area contributed by atoms with Gasteiger partial charge in [-0.15, -0.1) is 0 Å². The van der Waals surface area contributed by atoms with E-state index in [0.29, 0.717) is 25.9 Å². The predicted octanol–water partition coefficient (Wildman–Crippen LogP) is 4.00. The Morgan fingerprint density at radius 2 is 1.84 bits per heavy atom. The maximum Gasteiger partial charge on any atom is 0.309 e. The minimum atomic E-state index is -3.09. The lowest BCUT2D eigenvalue weighted by Crippen LogP contribution is -2.60. The van der Waals surface area contributed by atoms with Crippen LogP contribution in [0.4, 0.5) is 24.5 Å². The molecule has 2 aliphatic rings. The first-order chi connectivity index (χ1) is 14.4. The fraction of sp³-hybridized carbons (Fsp3) is 0.667. The Morgan fingerprint density at radius 3 is 2.35 bits per heavy atom. The number of carbonyl (C=O) groups is 1. The maximum absolute atomic E-state index is 15.0. The van der Waals surface area contributed by atoms with Crippen molar-refractivity contribution in [2.24, 2.45) is 5.92 Å². The highest BCUT2D eigenvalue weighted by Gasteiger charge is 2.48. The molecule has 31 heavy (non-hydrogen) atoms. The molecule has 0 radical (unpaired) electrons. The van der Waals surface area contributed by atoms with Gasteiger partial charge < -0.3 is 9.64 Å². The number of nitrogens with zero attached hydrogens (tertiary/aromatic N) is 3. The SMILES string of the molecule is CC(C)(C)OC(=O)C1CCN(C2CCN(c3ccc([N+](=O)[O-])cc3F)CC2(F)F)CC1. The number of nitro benzene ring substituents is 1. The highest BCUT2D eigenvalue weighted by Crippen LogP contribution is 2.37. The molecule has 2 heterocycles. The van der Waals surface area contributed by atoms with E-state index in [0.717, 1.165) is 12.1 Å². The van der Waals surface area contributed by atoms with Crippen LogP contribution in [0.15, 0.2) is 18.2 Å². The number of rotatable bonds is 4. The summed E-state index contributed by atoms with van der Waals surface area (Å²) in [7, 11) is 0. The molecule has 0 spiro atoms. The number of benzene rings is 1. The van der Waals surface area contributed by atoms with Crippen molar-refractivity contribution in [1.29, 1.82) is 0 Å². The second-order valence-corrected chi connectivity index (χ2v) is 9.22. The van der Waals surface area contributed by atoms with E-state index < -0.39 is 40.5 Å². The molecule has 1 aromatic rings. The summed E-state index contributed by atoms with van der Waals surface area (Å²) in [6.45, 7) is 5.66. The Balaban J connectivity index is 1.61. The van der Waals surface area contributed by atoms with E-state index in [9.17, 15) is 19.3 Å². The molecule has 172 valence electrons. The second-order valence-electron chi connectivity index (χ2n) is 9.22. The molecule has 1 unspecified atom stereocenters. The zero-order valence-corrected chi connectivity index (χ0v) is 17.9. The van der Waals surface area contributed by atoms with Gasteiger partial charge in [-0.25, -0.2) is 13.2 Å². The minimum Gasteiger partial charge on any atom is -0.460 e. The fourth-order valence-corrected chi connectivity index (χ4v) is 4.28. The van der Waals surface area contributed by atoms with Gasteiger partial charge >= 0.3 is 5.97 Å². The van der Waals surface area contributed by atoms with Gasteiger partial charge in [-0.3, -0.25) is 19.8 Å². The average Bonchev–Trinajstić information content (AvgIpc) is 2.66. The zero-order chi connectivity index (χ0) is 23.0. The molecule has 1 atom stereocenters. The second kappa shape index (κ2) is 8.64. The number of non-ortho nitro benzene ring substituents is 1. The predicted molar refractivity (Wildman–Crippen MR) is 109 cm³/mol. The van der Waals surface area contributed by atoms with E-state index in [2.05, 4.69) is 0 Å². The van der Waals surface area contributed by atoms with E-state index in [1.54, 1.807) is 25.7 Å². The van der Waals surface area contributed by atoms with Crippen LogP contribution >= 0.6 is 0 Å². The van der Waals surface area contributed by atoms with Gasteiger partial charge in [0.05, 0.1) is 35.2 Å². The van der Waals surface area contributed by atoms with Crippen LogP contribution in [-0.2, 0) is 9.53 Å². The highest BCUT2D eigenvalue weighted by atomic mass is 19.3. The van der Waals surface area contributed by atoms with Gasteiger partial charge in [0, 0.05) is 12.6 Å². The average molecular weight is 443 g/mol. The van der Waals surface area contributed by atoms with Crippen molar-refractivity contribution in [3.63, 3.8) is 0 Å². The summed E-state index contributed by atoms with van der Waals surface area (Å²) in [5, 5.41) is 10.8. The van der Waals surface area contributed by atoms with Crippen molar-refractivity contribution >= 4 is 17.3 Å². The number of carbonyl (C=O) groups excluding carboxylic acids is 1. The van der Waals surface area contributed by atoms with Gasteiger partial charge in [0.25, 0.3) is 11.6 Å². The van der Waals surface area contributed by atoms with E-state index in [1.807, 2.05) is 0 Å². The molecular weight excluding hydrogens is 415 g/mol. The van der Waals surface area contributed by atoms with Crippen LogP contribution in [0.3, 0.4) is 0 Å². The van der Waals surface area contributed by atoms with Crippen molar-refractivity contribution in [3.05, 3.63) is 34.1 Å². The van der Waals surface area contributed by atoms with Crippen LogP contribution in [0.5, 0.6) is 0 Å². The standard InChI is InChI=1S/C21H28F3N3O4/c1-20(2,3)31-19(28)14-6-9-25(10-7-14)18-8-11-26(13-21(18,23)24)17-5-4-15(27(29)30)12-16(17)22/h4-5,12,14,18H,6-11,13H2,1-3H3. The zero-order valence-electron chi connectivity index (χ0n) is 17.9. The Labute approximate surface area is 179 Å². The first-order valence-electron chi connectivity index (χ1n) is 10.4. The summed E-state index contributed by atoms with van der Waals surface area (Å²) in [5.41, 5.74) is -1.07. The molecule has 2 saturated heterocycles. The molecule has 1 aromatic carbocycles. The highest BCUT2D eigenvalue weighted by molar-refractivity contribution is 5.73. The summed E-state index contributed by atoms with van der Waals surface area (Å²) in [6.07, 6.45) is 1.05. The number of hydrogen-bond acceptors (Lipinski definition) is 6. The number of hydrogen-bond donors (Lipinski definition) is 0. The molecule has 3 rings (SSSR count). The quantitative estimate of drug-likeness (QED) is 0.398. The normalized spacial score (nSPS) is 22.9. The number of nitro groups is 1. The first kappa shape index (κ1) is 23.3. The van der Waals surface area contributed by atoms with Crippen molar-refractivity contribution in [2.45, 2.75) is 57.6 Å². The molecule has 0 saturated carbocycles. The van der Waals surface area contributed by atoms with Gasteiger partial charge in [0.15, 0.2) is 5.82 Å². The van der Waals surface area contributed by atoms with Gasteiger partial charge in [-0.2, -0.15) is 0 Å². The lowest BCUT2D eigenvalue weighted by molar-refractivity contribution is -0.385. The third kappa shape index (κ3) is 5.47. The van der Waals surface area contributed by atoms with Crippen LogP contribution in [0.2, 0.25) is 0 Å². The summed E-state index contributed by atoms with van der Waals surface area (Å²) in [6, 6.07) is 2.05. The van der Waals surface area contributed by atoms with Crippen LogP contribution in [0.1, 0.15) is 40.0 Å². The van der Waals surface area contributed by atoms with Crippen molar-refractivity contribution < 1.29 is 27.6 Å². The van der Waals surface area contributed by atoms with E-state index in [-0.39, 0.29) is 30.5 Å². The van der Waals surface area contributed by atoms with Crippen molar-refractivity contribution in [3.8, 4) is 0 Å². The number of esters is 1. The molecule has 0 aliphatic carbocycles. The maximum atomic E-state index is 15.0. The summed E-state index contributed by atoms with van der Waals surface area (Å²) in [4.78, 5) is 25.2. The summed E-state index contributed by atoms with van der Waals surface area (Å²) in [5.74, 6) is -4.56. The smallest absolute Gasteiger partial charge is 0.309 e. The molecule has 2 fully saturated rings. The Morgan fingerprint density at radius 1 is 1.19 bits per heavy atom. The van der Waals surface area contributed by atoms with E-state index >= 15 is 8.78 Å². The minimum absolute atomic E-state index is 0.0626. The van der Waals surface area contributed by atoms with Crippen LogP contribution in [-0.4, -0.2) is 59.5 Å². The number of likely N-dealkylation sites (tertiary alicyclic amines) is 1. The molecular formula is C21H28F3N3O4. The van der Waals surface area contributed by atoms with Crippen molar-refractivity contribution in [1.82, 2.24) is 4.90 Å². The topological polar surface area (TPSA) is 75.9 Å². The Bertz CT molecular complexity index is 836. The molecule has 0 amide bonds. The molecule has 2 aliphatic heterocycles. The Kier molecular flexibility index (Phi) is 6.50. The number of anilines is 1. The lowest BCUT2D eigenvalue weighted by atomic mass is 9.91. The van der Waals surface area contributed by atoms with Gasteiger partial charge in [0.1, 0.15) is 5.60 Å². The first-order valence-corrected chi connectivity index (χ1v) is 10.4. The molecule has 10 heteroatoms. The fourth-order valence-electron chi connectivity index (χ4n) is 4.28. The molecule has 0 aromatic heterocycles. The van der Waals surface area contributed by atoms with Crippen LogP contribution in [0, 0.1) is 21.8 Å². The van der Waals surface area contributed by atoms with Gasteiger partial charge in [0.2, 0.25) is 0 Å². The number of halogens is 3. The summed E-state index contributed by atoms with van der Waals surface area (Å²) >= 11 is 0. The van der Waals surface area contributed by atoms with E-state index in [1.165, 1.54) is 11.0 Å². The van der Waals surface area contributed by atoms with Crippen molar-refractivity contribution in [2.75, 3.05) is 31.1 Å².